The molecule has 0 aliphatic heterocycles. The highest BCUT2D eigenvalue weighted by Crippen LogP contribution is 2.27. The van der Waals surface area contributed by atoms with E-state index in [2.05, 4.69) is 105 Å². The predicted octanol–water partition coefficient (Wildman–Crippen LogP) is 4.95. The van der Waals surface area contributed by atoms with Gasteiger partial charge in [-0.1, -0.05) is 109 Å². The largest absolute Gasteiger partial charge is 0.139 e. The van der Waals surface area contributed by atoms with E-state index in [1.807, 2.05) is 6.07 Å². The van der Waals surface area contributed by atoms with Gasteiger partial charge in [0, 0.05) is 0 Å². The van der Waals surface area contributed by atoms with Crippen LogP contribution in [0.5, 0.6) is 0 Å². The fraction of sp³-hybridized carbons (Fsp3) is 0. The number of benzene rings is 4. The molecule has 4 aromatic carbocycles. The van der Waals surface area contributed by atoms with Gasteiger partial charge in [-0.15, -0.1) is 0 Å². The minimum absolute atomic E-state index is 1.25. The normalized spacial score (nSPS) is 10.6. The highest BCUT2D eigenvalue weighted by Gasteiger charge is 2.02. The van der Waals surface area contributed by atoms with E-state index in [1.165, 1.54) is 38.8 Å². The van der Waals surface area contributed by atoms with Crippen LogP contribution in [-0.2, 0) is 0 Å². The van der Waals surface area contributed by atoms with E-state index in [-0.39, 0.29) is 0 Å². The average Bonchev–Trinajstić information content (AvgIpc) is 2.70. The van der Waals surface area contributed by atoms with Gasteiger partial charge in [-0.2, -0.15) is 0 Å². The van der Waals surface area contributed by atoms with Gasteiger partial charge in [0.05, 0.1) is 0 Å². The second-order valence-electron chi connectivity index (χ2n) is 6.39. The SMILES string of the molecule is Bc1ccc(-c2ccc(-c3ccc(-c4ccccc4)cc3)cc2)cc1. The Labute approximate surface area is 150 Å². The van der Waals surface area contributed by atoms with Crippen molar-refractivity contribution in [2.75, 3.05) is 0 Å². The molecule has 25 heavy (non-hydrogen) atoms. The van der Waals surface area contributed by atoms with Crippen molar-refractivity contribution in [2.24, 2.45) is 0 Å². The van der Waals surface area contributed by atoms with Gasteiger partial charge in [-0.25, -0.2) is 0 Å². The molecule has 0 fully saturated rings. The van der Waals surface area contributed by atoms with Crippen molar-refractivity contribution in [3.05, 3.63) is 103 Å². The molecule has 1 heteroatoms. The highest BCUT2D eigenvalue weighted by atomic mass is 14.1. The van der Waals surface area contributed by atoms with Crippen LogP contribution >= 0.6 is 0 Å². The Balaban J connectivity index is 1.59. The van der Waals surface area contributed by atoms with E-state index >= 15 is 0 Å². The van der Waals surface area contributed by atoms with Crippen molar-refractivity contribution < 1.29 is 0 Å². The van der Waals surface area contributed by atoms with Crippen molar-refractivity contribution in [1.29, 1.82) is 0 Å². The first-order chi connectivity index (χ1) is 12.3. The lowest BCUT2D eigenvalue weighted by atomic mass is 9.93. The van der Waals surface area contributed by atoms with Crippen LogP contribution < -0.4 is 5.46 Å². The maximum atomic E-state index is 2.20. The summed E-state index contributed by atoms with van der Waals surface area (Å²) in [6, 6.07) is 36.7. The molecule has 0 nitrogen and oxygen atoms in total. The quantitative estimate of drug-likeness (QED) is 0.469. The molecule has 0 bridgehead atoms. The summed E-state index contributed by atoms with van der Waals surface area (Å²) in [5.41, 5.74) is 8.80. The fourth-order valence-corrected chi connectivity index (χ4v) is 3.09. The molecule has 4 rings (SSSR count). The summed E-state index contributed by atoms with van der Waals surface area (Å²) in [5.74, 6) is 0. The molecule has 0 radical (unpaired) electrons. The van der Waals surface area contributed by atoms with Gasteiger partial charge in [0.1, 0.15) is 7.85 Å². The van der Waals surface area contributed by atoms with Crippen molar-refractivity contribution in [2.45, 2.75) is 0 Å². The lowest BCUT2D eigenvalue weighted by Gasteiger charge is -2.07. The maximum absolute atomic E-state index is 2.20. The summed E-state index contributed by atoms with van der Waals surface area (Å²) in [5, 5.41) is 0. The Morgan fingerprint density at radius 3 is 0.960 bits per heavy atom. The van der Waals surface area contributed by atoms with Gasteiger partial charge in [-0.05, 0) is 33.4 Å². The molecule has 0 aliphatic carbocycles. The van der Waals surface area contributed by atoms with E-state index < -0.39 is 0 Å². The molecule has 0 heterocycles. The molecule has 0 atom stereocenters. The van der Waals surface area contributed by atoms with E-state index in [4.69, 9.17) is 0 Å². The Morgan fingerprint density at radius 1 is 0.320 bits per heavy atom. The number of hydrogen-bond acceptors (Lipinski definition) is 0. The van der Waals surface area contributed by atoms with Gasteiger partial charge in [0.2, 0.25) is 0 Å². The molecule has 0 aliphatic rings. The zero-order chi connectivity index (χ0) is 17.1. The van der Waals surface area contributed by atoms with Crippen LogP contribution in [0.15, 0.2) is 103 Å². The van der Waals surface area contributed by atoms with E-state index in [9.17, 15) is 0 Å². The molecule has 0 amide bonds. The van der Waals surface area contributed by atoms with Crippen LogP contribution in [0.1, 0.15) is 0 Å². The second-order valence-corrected chi connectivity index (χ2v) is 6.39. The molecule has 0 unspecified atom stereocenters. The van der Waals surface area contributed by atoms with Crippen molar-refractivity contribution in [1.82, 2.24) is 0 Å². The molecule has 118 valence electrons. The van der Waals surface area contributed by atoms with Gasteiger partial charge in [-0.3, -0.25) is 0 Å². The van der Waals surface area contributed by atoms with Crippen LogP contribution in [0, 0.1) is 0 Å². The van der Waals surface area contributed by atoms with Gasteiger partial charge >= 0.3 is 0 Å². The second kappa shape index (κ2) is 6.82. The van der Waals surface area contributed by atoms with E-state index in [1.54, 1.807) is 0 Å². The predicted molar refractivity (Wildman–Crippen MR) is 111 cm³/mol. The summed E-state index contributed by atoms with van der Waals surface area (Å²) in [4.78, 5) is 0. The molecular weight excluding hydrogens is 299 g/mol. The monoisotopic (exact) mass is 318 g/mol. The molecule has 0 aromatic heterocycles. The van der Waals surface area contributed by atoms with Crippen molar-refractivity contribution in [3.8, 4) is 33.4 Å². The lowest BCUT2D eigenvalue weighted by Crippen LogP contribution is -1.99. The molecular formula is C24H19B. The minimum Gasteiger partial charge on any atom is -0.0889 e. The zero-order valence-electron chi connectivity index (χ0n) is 14.3. The Kier molecular flexibility index (Phi) is 4.22. The lowest BCUT2D eigenvalue weighted by molar-refractivity contribution is 1.58. The Morgan fingerprint density at radius 2 is 0.600 bits per heavy atom. The standard InChI is InChI=1S/C24H19B/c25-24-16-14-23(15-17-24)22-12-10-21(11-13-22)20-8-6-19(7-9-20)18-4-2-1-3-5-18/h1-17H,25H2. The van der Waals surface area contributed by atoms with Crippen LogP contribution in [0.25, 0.3) is 33.4 Å². The van der Waals surface area contributed by atoms with Gasteiger partial charge in [0.25, 0.3) is 0 Å². The molecule has 0 N–H and O–H groups in total. The van der Waals surface area contributed by atoms with Crippen molar-refractivity contribution >= 4 is 13.3 Å². The summed E-state index contributed by atoms with van der Waals surface area (Å²) in [6.45, 7) is 0. The third-order valence-electron chi connectivity index (χ3n) is 4.60. The van der Waals surface area contributed by atoms with Crippen LogP contribution in [0.2, 0.25) is 0 Å². The number of hydrogen-bond donors (Lipinski definition) is 0. The Bertz CT molecular complexity index is 951. The Hall–Kier alpha value is -3.06. The first-order valence-electron chi connectivity index (χ1n) is 8.62. The summed E-state index contributed by atoms with van der Waals surface area (Å²) in [6.07, 6.45) is 0. The topological polar surface area (TPSA) is 0 Å². The summed E-state index contributed by atoms with van der Waals surface area (Å²) >= 11 is 0. The average molecular weight is 318 g/mol. The number of rotatable bonds is 3. The third kappa shape index (κ3) is 3.41. The fourth-order valence-electron chi connectivity index (χ4n) is 3.09. The van der Waals surface area contributed by atoms with Crippen LogP contribution in [0.4, 0.5) is 0 Å². The summed E-state index contributed by atoms with van der Waals surface area (Å²) in [7, 11) is 2.12. The molecule has 0 saturated heterocycles. The van der Waals surface area contributed by atoms with Crippen molar-refractivity contribution in [3.63, 3.8) is 0 Å². The smallest absolute Gasteiger partial charge is 0.0889 e. The van der Waals surface area contributed by atoms with Crippen LogP contribution in [0.3, 0.4) is 0 Å². The zero-order valence-corrected chi connectivity index (χ0v) is 14.3. The third-order valence-corrected chi connectivity index (χ3v) is 4.60. The van der Waals surface area contributed by atoms with Crippen LogP contribution in [-0.4, -0.2) is 7.85 Å². The molecule has 4 aromatic rings. The first kappa shape index (κ1) is 15.5. The molecule has 0 saturated carbocycles. The summed E-state index contributed by atoms with van der Waals surface area (Å²) < 4.78 is 0. The minimum atomic E-state index is 1.25. The van der Waals surface area contributed by atoms with E-state index in [0.717, 1.165) is 0 Å². The maximum Gasteiger partial charge on any atom is 0.139 e. The van der Waals surface area contributed by atoms with Gasteiger partial charge in [0.15, 0.2) is 0 Å². The van der Waals surface area contributed by atoms with E-state index in [0.29, 0.717) is 0 Å². The first-order valence-corrected chi connectivity index (χ1v) is 8.62. The van der Waals surface area contributed by atoms with Gasteiger partial charge < -0.3 is 0 Å². The highest BCUT2D eigenvalue weighted by molar-refractivity contribution is 6.32. The molecule has 0 spiro atoms.